The highest BCUT2D eigenvalue weighted by atomic mass is 79.9. The first kappa shape index (κ1) is 12.9. The van der Waals surface area contributed by atoms with Gasteiger partial charge in [0.05, 0.1) is 11.2 Å². The van der Waals surface area contributed by atoms with Gasteiger partial charge in [0.25, 0.3) is 0 Å². The van der Waals surface area contributed by atoms with E-state index in [-0.39, 0.29) is 0 Å². The number of hydrogen-bond acceptors (Lipinski definition) is 3. The molecule has 0 spiro atoms. The van der Waals surface area contributed by atoms with E-state index in [2.05, 4.69) is 32.3 Å². The second-order valence-electron chi connectivity index (χ2n) is 4.55. The first-order valence-corrected chi connectivity index (χ1v) is 7.15. The maximum Gasteiger partial charge on any atom is 0.0953 e. The molecule has 1 heterocycles. The molecular formula is C16H14BrN3. The topological polar surface area (TPSA) is 50.9 Å². The van der Waals surface area contributed by atoms with Gasteiger partial charge < -0.3 is 11.1 Å². The van der Waals surface area contributed by atoms with Gasteiger partial charge in [-0.1, -0.05) is 34.1 Å². The van der Waals surface area contributed by atoms with Crippen molar-refractivity contribution in [3.8, 4) is 0 Å². The summed E-state index contributed by atoms with van der Waals surface area (Å²) < 4.78 is 1.10. The molecule has 0 aliphatic carbocycles. The number of aromatic nitrogens is 1. The fraction of sp³-hybridized carbons (Fsp3) is 0.0625. The standard InChI is InChI=1S/C16H14BrN3/c17-13-6-2-1-4-11(13)10-20-15-8-7-14(18)12-5-3-9-19-16(12)15/h1-9,20H,10,18H2. The van der Waals surface area contributed by atoms with Crippen LogP contribution in [-0.2, 0) is 6.54 Å². The number of hydrogen-bond donors (Lipinski definition) is 2. The third-order valence-corrected chi connectivity index (χ3v) is 4.00. The number of nitrogens with one attached hydrogen (secondary N) is 1. The molecule has 4 heteroatoms. The van der Waals surface area contributed by atoms with Gasteiger partial charge in [-0.25, -0.2) is 0 Å². The average molecular weight is 328 g/mol. The maximum absolute atomic E-state index is 5.98. The van der Waals surface area contributed by atoms with Crippen molar-refractivity contribution in [3.63, 3.8) is 0 Å². The van der Waals surface area contributed by atoms with Gasteiger partial charge in [-0.3, -0.25) is 4.98 Å². The molecule has 0 aliphatic heterocycles. The summed E-state index contributed by atoms with van der Waals surface area (Å²) in [6.45, 7) is 0.733. The van der Waals surface area contributed by atoms with Gasteiger partial charge in [0.2, 0.25) is 0 Å². The molecule has 0 saturated carbocycles. The normalized spacial score (nSPS) is 10.7. The summed E-state index contributed by atoms with van der Waals surface area (Å²) in [5.74, 6) is 0. The van der Waals surface area contributed by atoms with E-state index in [1.54, 1.807) is 6.20 Å². The molecule has 3 nitrogen and oxygen atoms in total. The van der Waals surface area contributed by atoms with Crippen LogP contribution >= 0.6 is 15.9 Å². The summed E-state index contributed by atoms with van der Waals surface area (Å²) in [7, 11) is 0. The summed E-state index contributed by atoms with van der Waals surface area (Å²) >= 11 is 3.56. The molecule has 0 fully saturated rings. The summed E-state index contributed by atoms with van der Waals surface area (Å²) in [5.41, 5.74) is 9.83. The quantitative estimate of drug-likeness (QED) is 0.709. The SMILES string of the molecule is Nc1ccc(NCc2ccccc2Br)c2ncccc12. The Balaban J connectivity index is 1.92. The second kappa shape index (κ2) is 5.51. The molecule has 0 unspecified atom stereocenters. The van der Waals surface area contributed by atoms with Gasteiger partial charge in [-0.15, -0.1) is 0 Å². The van der Waals surface area contributed by atoms with E-state index in [0.717, 1.165) is 33.3 Å². The van der Waals surface area contributed by atoms with E-state index in [4.69, 9.17) is 5.73 Å². The van der Waals surface area contributed by atoms with E-state index >= 15 is 0 Å². The highest BCUT2D eigenvalue weighted by molar-refractivity contribution is 9.10. The third kappa shape index (κ3) is 2.47. The molecule has 100 valence electrons. The number of nitrogen functional groups attached to an aromatic ring is 1. The van der Waals surface area contributed by atoms with Gasteiger partial charge in [0, 0.05) is 28.3 Å². The van der Waals surface area contributed by atoms with Gasteiger partial charge in [-0.2, -0.15) is 0 Å². The molecule has 20 heavy (non-hydrogen) atoms. The summed E-state index contributed by atoms with van der Waals surface area (Å²) in [6.07, 6.45) is 1.78. The van der Waals surface area contributed by atoms with Crippen LogP contribution in [0.1, 0.15) is 5.56 Å². The molecule has 0 radical (unpaired) electrons. The smallest absolute Gasteiger partial charge is 0.0953 e. The Hall–Kier alpha value is -2.07. The molecular weight excluding hydrogens is 314 g/mol. The van der Waals surface area contributed by atoms with E-state index in [1.165, 1.54) is 5.56 Å². The van der Waals surface area contributed by atoms with E-state index in [9.17, 15) is 0 Å². The van der Waals surface area contributed by atoms with Crippen molar-refractivity contribution in [2.24, 2.45) is 0 Å². The molecule has 3 aromatic rings. The highest BCUT2D eigenvalue weighted by Crippen LogP contribution is 2.27. The Morgan fingerprint density at radius 3 is 2.75 bits per heavy atom. The van der Waals surface area contributed by atoms with E-state index < -0.39 is 0 Å². The lowest BCUT2D eigenvalue weighted by Crippen LogP contribution is -2.02. The van der Waals surface area contributed by atoms with Gasteiger partial charge >= 0.3 is 0 Å². The first-order chi connectivity index (χ1) is 9.75. The van der Waals surface area contributed by atoms with Gasteiger partial charge in [0.15, 0.2) is 0 Å². The number of benzene rings is 2. The number of halogens is 1. The Labute approximate surface area is 126 Å². The fourth-order valence-corrected chi connectivity index (χ4v) is 2.59. The molecule has 0 amide bonds. The van der Waals surface area contributed by atoms with Crippen molar-refractivity contribution in [2.75, 3.05) is 11.1 Å². The number of nitrogens with two attached hydrogens (primary N) is 1. The molecule has 1 aromatic heterocycles. The number of nitrogens with zero attached hydrogens (tertiary/aromatic N) is 1. The molecule has 3 N–H and O–H groups in total. The van der Waals surface area contributed by atoms with Crippen LogP contribution in [0.2, 0.25) is 0 Å². The number of fused-ring (bicyclic) bond motifs is 1. The lowest BCUT2D eigenvalue weighted by molar-refractivity contribution is 1.14. The van der Waals surface area contributed by atoms with Crippen LogP contribution in [0.4, 0.5) is 11.4 Å². The van der Waals surface area contributed by atoms with Crippen molar-refractivity contribution in [2.45, 2.75) is 6.54 Å². The maximum atomic E-state index is 5.98. The summed E-state index contributed by atoms with van der Waals surface area (Å²) in [6, 6.07) is 15.9. The fourth-order valence-electron chi connectivity index (χ4n) is 2.17. The zero-order chi connectivity index (χ0) is 13.9. The Morgan fingerprint density at radius 2 is 1.90 bits per heavy atom. The van der Waals surface area contributed by atoms with Crippen LogP contribution in [0.3, 0.4) is 0 Å². The Morgan fingerprint density at radius 1 is 1.05 bits per heavy atom. The summed E-state index contributed by atoms with van der Waals surface area (Å²) in [4.78, 5) is 4.42. The molecule has 0 atom stereocenters. The van der Waals surface area contributed by atoms with Crippen molar-refractivity contribution >= 4 is 38.2 Å². The van der Waals surface area contributed by atoms with Crippen LogP contribution in [0.15, 0.2) is 59.2 Å². The monoisotopic (exact) mass is 327 g/mol. The largest absolute Gasteiger partial charge is 0.398 e. The minimum atomic E-state index is 0.733. The minimum absolute atomic E-state index is 0.733. The molecule has 0 aliphatic rings. The molecule has 3 rings (SSSR count). The molecule has 0 saturated heterocycles. The van der Waals surface area contributed by atoms with Crippen LogP contribution < -0.4 is 11.1 Å². The van der Waals surface area contributed by atoms with Crippen LogP contribution in [0.25, 0.3) is 10.9 Å². The Bertz CT molecular complexity index is 756. The van der Waals surface area contributed by atoms with Crippen LogP contribution in [0, 0.1) is 0 Å². The van der Waals surface area contributed by atoms with Crippen LogP contribution in [-0.4, -0.2) is 4.98 Å². The number of anilines is 2. The van der Waals surface area contributed by atoms with Crippen molar-refractivity contribution in [1.82, 2.24) is 4.98 Å². The lowest BCUT2D eigenvalue weighted by atomic mass is 10.1. The van der Waals surface area contributed by atoms with E-state index in [1.807, 2.05) is 42.5 Å². The second-order valence-corrected chi connectivity index (χ2v) is 5.40. The van der Waals surface area contributed by atoms with Gasteiger partial charge in [0.1, 0.15) is 0 Å². The molecule has 0 bridgehead atoms. The molecule has 2 aromatic carbocycles. The van der Waals surface area contributed by atoms with Crippen molar-refractivity contribution in [1.29, 1.82) is 0 Å². The predicted octanol–water partition coefficient (Wildman–Crippen LogP) is 4.19. The predicted molar refractivity (Wildman–Crippen MR) is 87.6 cm³/mol. The number of rotatable bonds is 3. The lowest BCUT2D eigenvalue weighted by Gasteiger charge is -2.11. The summed E-state index contributed by atoms with van der Waals surface area (Å²) in [5, 5.41) is 4.40. The minimum Gasteiger partial charge on any atom is -0.398 e. The van der Waals surface area contributed by atoms with Crippen molar-refractivity contribution in [3.05, 3.63) is 64.8 Å². The van der Waals surface area contributed by atoms with Crippen LogP contribution in [0.5, 0.6) is 0 Å². The average Bonchev–Trinajstić information content (AvgIpc) is 2.48. The third-order valence-electron chi connectivity index (χ3n) is 3.23. The Kier molecular flexibility index (Phi) is 3.56. The highest BCUT2D eigenvalue weighted by Gasteiger charge is 2.05. The number of pyridine rings is 1. The van der Waals surface area contributed by atoms with Gasteiger partial charge in [-0.05, 0) is 35.9 Å². The van der Waals surface area contributed by atoms with Crippen molar-refractivity contribution < 1.29 is 0 Å². The first-order valence-electron chi connectivity index (χ1n) is 6.36. The van der Waals surface area contributed by atoms with E-state index in [0.29, 0.717) is 0 Å². The zero-order valence-electron chi connectivity index (χ0n) is 10.8. The zero-order valence-corrected chi connectivity index (χ0v) is 12.4.